The second-order valence-electron chi connectivity index (χ2n) is 9.17. The maximum Gasteiger partial charge on any atom is 0.338 e. The highest BCUT2D eigenvalue weighted by molar-refractivity contribution is 5.98. The average molecular weight is 465 g/mol. The molecule has 0 saturated heterocycles. The van der Waals surface area contributed by atoms with Crippen molar-refractivity contribution < 1.29 is 28.7 Å². The zero-order chi connectivity index (χ0) is 24.8. The van der Waals surface area contributed by atoms with Crippen LogP contribution in [0.3, 0.4) is 0 Å². The largest absolute Gasteiger partial charge is 0.457 e. The van der Waals surface area contributed by atoms with Crippen molar-refractivity contribution in [3.63, 3.8) is 0 Å². The van der Waals surface area contributed by atoms with E-state index in [-0.39, 0.29) is 24.8 Å². The highest BCUT2D eigenvalue weighted by atomic mass is 16.5. The van der Waals surface area contributed by atoms with Gasteiger partial charge < -0.3 is 9.47 Å². The van der Waals surface area contributed by atoms with E-state index in [1.807, 2.05) is 39.8 Å². The SMILES string of the molecule is Cc1ccc(C(=O)COC(=O)[C@@H]2CCCC[C@H]2C(=O)COC(=O)c2ccc(C)c(C)c2)cc1C. The third-order valence-corrected chi connectivity index (χ3v) is 6.74. The summed E-state index contributed by atoms with van der Waals surface area (Å²) < 4.78 is 10.6. The van der Waals surface area contributed by atoms with Gasteiger partial charge in [-0.05, 0) is 81.0 Å². The Balaban J connectivity index is 1.56. The molecule has 2 aromatic carbocycles. The van der Waals surface area contributed by atoms with Crippen molar-refractivity contribution in [2.45, 2.75) is 53.4 Å². The van der Waals surface area contributed by atoms with Crippen LogP contribution in [-0.2, 0) is 19.1 Å². The lowest BCUT2D eigenvalue weighted by molar-refractivity contribution is -0.153. The Kier molecular flexibility index (Phi) is 8.37. The van der Waals surface area contributed by atoms with Gasteiger partial charge in [-0.3, -0.25) is 14.4 Å². The highest BCUT2D eigenvalue weighted by Gasteiger charge is 2.37. The topological polar surface area (TPSA) is 86.7 Å². The van der Waals surface area contributed by atoms with Gasteiger partial charge in [-0.1, -0.05) is 31.0 Å². The molecule has 0 spiro atoms. The number of rotatable bonds is 8. The van der Waals surface area contributed by atoms with E-state index in [9.17, 15) is 19.2 Å². The minimum Gasteiger partial charge on any atom is -0.457 e. The zero-order valence-electron chi connectivity index (χ0n) is 20.3. The van der Waals surface area contributed by atoms with Crippen molar-refractivity contribution in [2.24, 2.45) is 11.8 Å². The van der Waals surface area contributed by atoms with Gasteiger partial charge in [-0.25, -0.2) is 4.79 Å². The van der Waals surface area contributed by atoms with Gasteiger partial charge in [-0.2, -0.15) is 0 Å². The molecule has 6 nitrogen and oxygen atoms in total. The molecular weight excluding hydrogens is 432 g/mol. The molecule has 3 rings (SSSR count). The molecule has 6 heteroatoms. The predicted octanol–water partition coefficient (Wildman–Crippen LogP) is 4.88. The van der Waals surface area contributed by atoms with Gasteiger partial charge in [-0.15, -0.1) is 0 Å². The van der Waals surface area contributed by atoms with Gasteiger partial charge in [0.1, 0.15) is 0 Å². The van der Waals surface area contributed by atoms with Crippen LogP contribution >= 0.6 is 0 Å². The normalized spacial score (nSPS) is 17.6. The number of esters is 2. The first kappa shape index (κ1) is 25.3. The molecule has 0 aromatic heterocycles. The molecule has 1 aliphatic carbocycles. The third-order valence-electron chi connectivity index (χ3n) is 6.74. The molecular formula is C28H32O6. The van der Waals surface area contributed by atoms with Crippen molar-refractivity contribution in [3.8, 4) is 0 Å². The lowest BCUT2D eigenvalue weighted by Crippen LogP contribution is -2.36. The summed E-state index contributed by atoms with van der Waals surface area (Å²) in [5.41, 5.74) is 4.98. The van der Waals surface area contributed by atoms with Crippen molar-refractivity contribution in [2.75, 3.05) is 13.2 Å². The van der Waals surface area contributed by atoms with Crippen LogP contribution in [0.5, 0.6) is 0 Å². The molecule has 34 heavy (non-hydrogen) atoms. The molecule has 0 amide bonds. The molecule has 2 aromatic rings. The van der Waals surface area contributed by atoms with Gasteiger partial charge >= 0.3 is 11.9 Å². The summed E-state index contributed by atoms with van der Waals surface area (Å²) in [6, 6.07) is 10.6. The van der Waals surface area contributed by atoms with Crippen molar-refractivity contribution in [1.82, 2.24) is 0 Å². The number of ether oxygens (including phenoxy) is 2. The molecule has 0 unspecified atom stereocenters. The monoisotopic (exact) mass is 464 g/mol. The second kappa shape index (κ2) is 11.2. The van der Waals surface area contributed by atoms with E-state index in [4.69, 9.17) is 9.47 Å². The minimum atomic E-state index is -0.630. The van der Waals surface area contributed by atoms with E-state index >= 15 is 0 Å². The van der Waals surface area contributed by atoms with Crippen LogP contribution in [0.1, 0.15) is 68.7 Å². The number of aryl methyl sites for hydroxylation is 4. The van der Waals surface area contributed by atoms with E-state index in [1.165, 1.54) is 0 Å². The molecule has 0 N–H and O–H groups in total. The first-order valence-electron chi connectivity index (χ1n) is 11.7. The molecule has 0 bridgehead atoms. The summed E-state index contributed by atoms with van der Waals surface area (Å²) in [7, 11) is 0. The Bertz CT molecular complexity index is 1010. The van der Waals surface area contributed by atoms with Crippen LogP contribution < -0.4 is 0 Å². The fourth-order valence-electron chi connectivity index (χ4n) is 4.24. The van der Waals surface area contributed by atoms with Crippen LogP contribution in [0.4, 0.5) is 0 Å². The molecule has 0 heterocycles. The first-order valence-corrected chi connectivity index (χ1v) is 11.7. The van der Waals surface area contributed by atoms with Crippen LogP contribution in [0.2, 0.25) is 0 Å². The average Bonchev–Trinajstić information content (AvgIpc) is 2.83. The van der Waals surface area contributed by atoms with Gasteiger partial charge in [0, 0.05) is 11.5 Å². The van der Waals surface area contributed by atoms with E-state index in [0.717, 1.165) is 35.1 Å². The second-order valence-corrected chi connectivity index (χ2v) is 9.17. The molecule has 1 saturated carbocycles. The summed E-state index contributed by atoms with van der Waals surface area (Å²) in [5, 5.41) is 0. The van der Waals surface area contributed by atoms with Gasteiger partial charge in [0.25, 0.3) is 0 Å². The van der Waals surface area contributed by atoms with Crippen molar-refractivity contribution in [3.05, 3.63) is 69.8 Å². The number of ketones is 2. The van der Waals surface area contributed by atoms with E-state index in [1.54, 1.807) is 24.3 Å². The standard InChI is InChI=1S/C28H32O6/c1-17-9-11-21(13-19(17)3)25(29)15-34-28(32)24-8-6-5-7-23(24)26(30)16-33-27(31)22-12-10-18(2)20(4)14-22/h9-14,23-24H,5-8,15-16H2,1-4H3/t23-,24-/m1/s1. The van der Waals surface area contributed by atoms with E-state index < -0.39 is 23.8 Å². The summed E-state index contributed by atoms with van der Waals surface area (Å²) in [6.07, 6.45) is 2.66. The van der Waals surface area contributed by atoms with Gasteiger partial charge in [0.2, 0.25) is 0 Å². The molecule has 180 valence electrons. The highest BCUT2D eigenvalue weighted by Crippen LogP contribution is 2.32. The Hall–Kier alpha value is -3.28. The fourth-order valence-corrected chi connectivity index (χ4v) is 4.24. The molecule has 0 aliphatic heterocycles. The van der Waals surface area contributed by atoms with E-state index in [0.29, 0.717) is 24.0 Å². The van der Waals surface area contributed by atoms with Crippen LogP contribution in [0.15, 0.2) is 36.4 Å². The third kappa shape index (κ3) is 6.19. The maximum atomic E-state index is 12.8. The smallest absolute Gasteiger partial charge is 0.338 e. The summed E-state index contributed by atoms with van der Waals surface area (Å²) in [4.78, 5) is 50.4. The van der Waals surface area contributed by atoms with Gasteiger partial charge in [0.05, 0.1) is 11.5 Å². The van der Waals surface area contributed by atoms with E-state index in [2.05, 4.69) is 0 Å². The lowest BCUT2D eigenvalue weighted by atomic mass is 9.77. The number of benzene rings is 2. The Morgan fingerprint density at radius 1 is 0.706 bits per heavy atom. The van der Waals surface area contributed by atoms with Crippen molar-refractivity contribution >= 4 is 23.5 Å². The molecule has 1 aliphatic rings. The molecule has 0 radical (unpaired) electrons. The Morgan fingerprint density at radius 3 is 1.88 bits per heavy atom. The van der Waals surface area contributed by atoms with Crippen LogP contribution in [0.25, 0.3) is 0 Å². The predicted molar refractivity (Wildman–Crippen MR) is 128 cm³/mol. The first-order chi connectivity index (χ1) is 16.2. The lowest BCUT2D eigenvalue weighted by Gasteiger charge is -2.28. The Morgan fingerprint density at radius 2 is 1.26 bits per heavy atom. The molecule has 1 fully saturated rings. The quantitative estimate of drug-likeness (QED) is 0.409. The fraction of sp³-hybridized carbons (Fsp3) is 0.429. The zero-order valence-corrected chi connectivity index (χ0v) is 20.3. The summed E-state index contributed by atoms with van der Waals surface area (Å²) in [6.45, 7) is 6.99. The maximum absolute atomic E-state index is 12.8. The minimum absolute atomic E-state index is 0.280. The number of hydrogen-bond donors (Lipinski definition) is 0. The number of Topliss-reactive ketones (excluding diaryl/α,β-unsaturated/α-hetero) is 2. The van der Waals surface area contributed by atoms with Crippen LogP contribution in [-0.4, -0.2) is 36.7 Å². The van der Waals surface area contributed by atoms with Crippen LogP contribution in [0, 0.1) is 39.5 Å². The van der Waals surface area contributed by atoms with Crippen molar-refractivity contribution in [1.29, 1.82) is 0 Å². The van der Waals surface area contributed by atoms with Gasteiger partial charge in [0.15, 0.2) is 24.8 Å². The summed E-state index contributed by atoms with van der Waals surface area (Å²) in [5.74, 6) is -2.89. The number of carbonyl (C=O) groups is 4. The molecule has 2 atom stereocenters. The number of hydrogen-bond acceptors (Lipinski definition) is 6. The Labute approximate surface area is 200 Å². The number of carbonyl (C=O) groups excluding carboxylic acids is 4. The summed E-state index contributed by atoms with van der Waals surface area (Å²) >= 11 is 0.